The van der Waals surface area contributed by atoms with Gasteiger partial charge in [0.2, 0.25) is 11.9 Å². The van der Waals surface area contributed by atoms with Gasteiger partial charge in [-0.15, -0.1) is 0 Å². The quantitative estimate of drug-likeness (QED) is 0.551. The number of amides is 3. The Labute approximate surface area is 185 Å². The lowest BCUT2D eigenvalue weighted by Gasteiger charge is -2.39. The third-order valence-corrected chi connectivity index (χ3v) is 6.71. The zero-order valence-corrected chi connectivity index (χ0v) is 18.3. The van der Waals surface area contributed by atoms with Gasteiger partial charge in [-0.1, -0.05) is 12.1 Å². The molecule has 1 fully saturated rings. The van der Waals surface area contributed by atoms with E-state index in [4.69, 9.17) is 0 Å². The number of fused-ring (bicyclic) bond motifs is 2. The van der Waals surface area contributed by atoms with Gasteiger partial charge in [0.05, 0.1) is 11.0 Å². The van der Waals surface area contributed by atoms with Crippen LogP contribution >= 0.6 is 0 Å². The number of H-pyrrole nitrogens is 1. The van der Waals surface area contributed by atoms with Crippen LogP contribution in [0.4, 0.5) is 5.95 Å². The van der Waals surface area contributed by atoms with Gasteiger partial charge >= 0.3 is 0 Å². The van der Waals surface area contributed by atoms with Gasteiger partial charge in [0.15, 0.2) is 0 Å². The number of imidazole rings is 1. The second kappa shape index (κ2) is 7.19. The van der Waals surface area contributed by atoms with Crippen molar-refractivity contribution >= 4 is 34.7 Å². The molecule has 2 aromatic carbocycles. The molecule has 0 bridgehead atoms. The Kier molecular flexibility index (Phi) is 4.54. The molecule has 8 heteroatoms. The largest absolute Gasteiger partial charge is 0.352 e. The van der Waals surface area contributed by atoms with Gasteiger partial charge in [0.1, 0.15) is 5.54 Å². The minimum absolute atomic E-state index is 0.172. The Hall–Kier alpha value is -3.68. The number of carbonyl (C=O) groups excluding carboxylic acids is 3. The second-order valence-corrected chi connectivity index (χ2v) is 8.93. The van der Waals surface area contributed by atoms with E-state index >= 15 is 0 Å². The van der Waals surface area contributed by atoms with Crippen LogP contribution in [0.2, 0.25) is 0 Å². The summed E-state index contributed by atoms with van der Waals surface area (Å²) in [5, 5.41) is 5.69. The lowest BCUT2D eigenvalue weighted by Crippen LogP contribution is -2.61. The van der Waals surface area contributed by atoms with Crippen LogP contribution in [0.3, 0.4) is 0 Å². The molecule has 1 atom stereocenters. The Balaban J connectivity index is 1.33. The van der Waals surface area contributed by atoms with Gasteiger partial charge in [0.25, 0.3) is 11.8 Å². The van der Waals surface area contributed by atoms with Crippen LogP contribution in [-0.4, -0.2) is 38.1 Å². The zero-order valence-electron chi connectivity index (χ0n) is 18.3. The highest BCUT2D eigenvalue weighted by molar-refractivity contribution is 6.07. The topological polar surface area (TPSA) is 107 Å². The molecule has 2 aliphatic rings. The van der Waals surface area contributed by atoms with Crippen molar-refractivity contribution in [2.24, 2.45) is 0 Å². The van der Waals surface area contributed by atoms with E-state index in [9.17, 15) is 14.4 Å². The third kappa shape index (κ3) is 3.23. The fourth-order valence-corrected chi connectivity index (χ4v) is 4.47. The van der Waals surface area contributed by atoms with Crippen molar-refractivity contribution in [1.29, 1.82) is 0 Å². The van der Waals surface area contributed by atoms with Crippen molar-refractivity contribution in [2.45, 2.75) is 52.2 Å². The molecule has 1 aromatic heterocycles. The Morgan fingerprint density at radius 3 is 2.69 bits per heavy atom. The second-order valence-electron chi connectivity index (χ2n) is 8.93. The molecule has 0 saturated carbocycles. The SMILES string of the molecule is Cc1cc2nc(NCc3ccc4c(c3)CN(C3(C)CCC(=O)NC3=O)C4=O)[nH]c2cc1C. The maximum absolute atomic E-state index is 13.0. The zero-order chi connectivity index (χ0) is 22.6. The maximum Gasteiger partial charge on any atom is 0.255 e. The first-order chi connectivity index (χ1) is 15.2. The van der Waals surface area contributed by atoms with Crippen LogP contribution in [0.25, 0.3) is 11.0 Å². The summed E-state index contributed by atoms with van der Waals surface area (Å²) in [7, 11) is 0. The summed E-state index contributed by atoms with van der Waals surface area (Å²) in [5.41, 5.74) is 5.81. The van der Waals surface area contributed by atoms with Crippen LogP contribution in [0.15, 0.2) is 30.3 Å². The minimum atomic E-state index is -1.02. The summed E-state index contributed by atoms with van der Waals surface area (Å²) in [4.78, 5) is 46.6. The standard InChI is InChI=1S/C24H25N5O3/c1-13-8-18-19(9-14(13)2)27-23(26-18)25-11-15-4-5-17-16(10-15)12-29(21(17)31)24(3)7-6-20(30)28-22(24)32/h4-5,8-10H,6-7,11-12H2,1-3H3,(H2,25,26,27)(H,28,30,32). The number of anilines is 1. The molecule has 0 aliphatic carbocycles. The van der Waals surface area contributed by atoms with Crippen LogP contribution in [0.1, 0.15) is 52.4 Å². The van der Waals surface area contributed by atoms with Crippen molar-refractivity contribution in [3.8, 4) is 0 Å². The van der Waals surface area contributed by atoms with Crippen LogP contribution in [-0.2, 0) is 22.7 Å². The number of aromatic amines is 1. The van der Waals surface area contributed by atoms with Gasteiger partial charge in [-0.2, -0.15) is 0 Å². The van der Waals surface area contributed by atoms with Crippen LogP contribution in [0, 0.1) is 13.8 Å². The number of piperidine rings is 1. The smallest absolute Gasteiger partial charge is 0.255 e. The van der Waals surface area contributed by atoms with Crippen molar-refractivity contribution in [3.63, 3.8) is 0 Å². The van der Waals surface area contributed by atoms with Crippen molar-refractivity contribution in [1.82, 2.24) is 20.2 Å². The molecule has 3 aromatic rings. The molecule has 3 amide bonds. The van der Waals surface area contributed by atoms with Crippen LogP contribution < -0.4 is 10.6 Å². The number of nitrogens with zero attached hydrogens (tertiary/aromatic N) is 2. The molecule has 1 unspecified atom stereocenters. The molecular weight excluding hydrogens is 406 g/mol. The molecule has 3 N–H and O–H groups in total. The van der Waals surface area contributed by atoms with Crippen molar-refractivity contribution < 1.29 is 14.4 Å². The van der Waals surface area contributed by atoms with Gasteiger partial charge in [0, 0.05) is 25.1 Å². The average molecular weight is 431 g/mol. The molecule has 2 aliphatic heterocycles. The third-order valence-electron chi connectivity index (χ3n) is 6.71. The summed E-state index contributed by atoms with van der Waals surface area (Å²) in [6.45, 7) is 6.77. The first-order valence-corrected chi connectivity index (χ1v) is 10.7. The van der Waals surface area contributed by atoms with Gasteiger partial charge in [-0.3, -0.25) is 19.7 Å². The highest BCUT2D eigenvalue weighted by Gasteiger charge is 2.48. The predicted molar refractivity (Wildman–Crippen MR) is 120 cm³/mol. The fraction of sp³-hybridized carbons (Fsp3) is 0.333. The fourth-order valence-electron chi connectivity index (χ4n) is 4.47. The number of rotatable bonds is 4. The van der Waals surface area contributed by atoms with Gasteiger partial charge in [-0.25, -0.2) is 4.98 Å². The molecule has 5 rings (SSSR count). The summed E-state index contributed by atoms with van der Waals surface area (Å²) in [5.74, 6) is -0.179. The lowest BCUT2D eigenvalue weighted by atomic mass is 9.89. The molecule has 0 spiro atoms. The minimum Gasteiger partial charge on any atom is -0.352 e. The van der Waals surface area contributed by atoms with Crippen LogP contribution in [0.5, 0.6) is 0 Å². The summed E-state index contributed by atoms with van der Waals surface area (Å²) in [6, 6.07) is 9.88. The Morgan fingerprint density at radius 1 is 1.12 bits per heavy atom. The maximum atomic E-state index is 13.0. The van der Waals surface area contributed by atoms with Gasteiger partial charge in [-0.05, 0) is 67.6 Å². The predicted octanol–water partition coefficient (Wildman–Crippen LogP) is 2.94. The van der Waals surface area contributed by atoms with E-state index < -0.39 is 11.4 Å². The number of imide groups is 1. The number of aryl methyl sites for hydroxylation is 2. The number of aromatic nitrogens is 2. The van der Waals surface area contributed by atoms with E-state index in [1.807, 2.05) is 18.2 Å². The summed E-state index contributed by atoms with van der Waals surface area (Å²) >= 11 is 0. The molecule has 3 heterocycles. The number of hydrogen-bond donors (Lipinski definition) is 3. The number of hydrogen-bond acceptors (Lipinski definition) is 5. The monoisotopic (exact) mass is 431 g/mol. The number of nitrogens with one attached hydrogen (secondary N) is 3. The number of benzene rings is 2. The normalized spacial score (nSPS) is 20.6. The highest BCUT2D eigenvalue weighted by atomic mass is 16.2. The highest BCUT2D eigenvalue weighted by Crippen LogP contribution is 2.34. The van der Waals surface area contributed by atoms with E-state index in [1.54, 1.807) is 11.8 Å². The molecule has 164 valence electrons. The molecule has 8 nitrogen and oxygen atoms in total. The average Bonchev–Trinajstić information content (AvgIpc) is 3.30. The Morgan fingerprint density at radius 2 is 1.91 bits per heavy atom. The summed E-state index contributed by atoms with van der Waals surface area (Å²) in [6.07, 6.45) is 0.560. The molecular formula is C24H25N5O3. The Bertz CT molecular complexity index is 1260. The molecule has 0 radical (unpaired) electrons. The molecule has 32 heavy (non-hydrogen) atoms. The van der Waals surface area contributed by atoms with E-state index in [-0.39, 0.29) is 18.2 Å². The van der Waals surface area contributed by atoms with E-state index in [2.05, 4.69) is 46.6 Å². The summed E-state index contributed by atoms with van der Waals surface area (Å²) < 4.78 is 0. The number of carbonyl (C=O) groups is 3. The van der Waals surface area contributed by atoms with E-state index in [0.29, 0.717) is 31.0 Å². The van der Waals surface area contributed by atoms with E-state index in [0.717, 1.165) is 22.2 Å². The lowest BCUT2D eigenvalue weighted by molar-refractivity contribution is -0.142. The van der Waals surface area contributed by atoms with Gasteiger partial charge < -0.3 is 15.2 Å². The van der Waals surface area contributed by atoms with Crippen molar-refractivity contribution in [3.05, 3.63) is 58.1 Å². The molecule has 1 saturated heterocycles. The first kappa shape index (κ1) is 20.2. The first-order valence-electron chi connectivity index (χ1n) is 10.7. The van der Waals surface area contributed by atoms with Crippen molar-refractivity contribution in [2.75, 3.05) is 5.32 Å². The van der Waals surface area contributed by atoms with E-state index in [1.165, 1.54) is 11.1 Å².